The fraction of sp³-hybridized carbons (Fsp3) is 0.105. The van der Waals surface area contributed by atoms with Crippen LogP contribution < -0.4 is 4.57 Å². The molecule has 0 bridgehead atoms. The molecule has 2 heteroatoms. The van der Waals surface area contributed by atoms with Gasteiger partial charge in [0.15, 0.2) is 6.20 Å². The molecule has 2 nitrogen and oxygen atoms in total. The van der Waals surface area contributed by atoms with Gasteiger partial charge in [0.2, 0.25) is 5.76 Å². The molecule has 0 fully saturated rings. The third-order valence-electron chi connectivity index (χ3n) is 4.11. The number of benzene rings is 2. The third kappa shape index (κ3) is 1.76. The number of aromatic nitrogens is 1. The van der Waals surface area contributed by atoms with Crippen LogP contribution in [-0.2, 0) is 7.05 Å². The molecule has 102 valence electrons. The summed E-state index contributed by atoms with van der Waals surface area (Å²) in [6.45, 7) is 2.13. The SMILES string of the molecule is Cc1c(-c2c3ccccc3cc[n+]2C)oc2ccccc12. The van der Waals surface area contributed by atoms with Crippen molar-refractivity contribution in [3.63, 3.8) is 0 Å². The first-order valence-electron chi connectivity index (χ1n) is 7.11. The van der Waals surface area contributed by atoms with Crippen molar-refractivity contribution >= 4 is 21.7 Å². The van der Waals surface area contributed by atoms with Gasteiger partial charge in [-0.2, -0.15) is 4.57 Å². The number of hydrogen-bond donors (Lipinski definition) is 0. The van der Waals surface area contributed by atoms with Crippen LogP contribution in [0.4, 0.5) is 0 Å². The lowest BCUT2D eigenvalue weighted by molar-refractivity contribution is -0.659. The molecule has 0 saturated heterocycles. The average Bonchev–Trinajstić information content (AvgIpc) is 2.84. The molecular weight excluding hydrogens is 258 g/mol. The van der Waals surface area contributed by atoms with Gasteiger partial charge < -0.3 is 4.42 Å². The Bertz CT molecular complexity index is 966. The Morgan fingerprint density at radius 1 is 0.857 bits per heavy atom. The van der Waals surface area contributed by atoms with Crippen LogP contribution in [0.3, 0.4) is 0 Å². The highest BCUT2D eigenvalue weighted by atomic mass is 16.3. The minimum atomic E-state index is 0.943. The molecule has 2 heterocycles. The molecule has 2 aromatic heterocycles. The van der Waals surface area contributed by atoms with Crippen molar-refractivity contribution in [2.75, 3.05) is 0 Å². The van der Waals surface area contributed by atoms with E-state index in [0.29, 0.717) is 0 Å². The maximum Gasteiger partial charge on any atom is 0.256 e. The van der Waals surface area contributed by atoms with Crippen molar-refractivity contribution in [3.05, 3.63) is 66.4 Å². The van der Waals surface area contributed by atoms with E-state index in [-0.39, 0.29) is 0 Å². The van der Waals surface area contributed by atoms with Gasteiger partial charge in [0.25, 0.3) is 5.69 Å². The zero-order chi connectivity index (χ0) is 14.4. The summed E-state index contributed by atoms with van der Waals surface area (Å²) < 4.78 is 8.28. The maximum absolute atomic E-state index is 6.15. The lowest BCUT2D eigenvalue weighted by Crippen LogP contribution is -2.30. The first-order valence-corrected chi connectivity index (χ1v) is 7.11. The van der Waals surface area contributed by atoms with Crippen LogP contribution in [0.2, 0.25) is 0 Å². The Kier molecular flexibility index (Phi) is 2.58. The fourth-order valence-corrected chi connectivity index (χ4v) is 3.00. The van der Waals surface area contributed by atoms with Gasteiger partial charge >= 0.3 is 0 Å². The molecule has 4 rings (SSSR count). The zero-order valence-electron chi connectivity index (χ0n) is 12.1. The van der Waals surface area contributed by atoms with Crippen LogP contribution in [0.15, 0.2) is 65.2 Å². The molecule has 0 N–H and O–H groups in total. The summed E-state index contributed by atoms with van der Waals surface area (Å²) in [7, 11) is 2.06. The van der Waals surface area contributed by atoms with Crippen molar-refractivity contribution < 1.29 is 8.98 Å². The minimum absolute atomic E-state index is 0.943. The normalized spacial score (nSPS) is 11.3. The van der Waals surface area contributed by atoms with Crippen LogP contribution in [0, 0.1) is 6.92 Å². The number of pyridine rings is 1. The monoisotopic (exact) mass is 274 g/mol. The fourth-order valence-electron chi connectivity index (χ4n) is 3.00. The van der Waals surface area contributed by atoms with Crippen LogP contribution in [-0.4, -0.2) is 0 Å². The Labute approximate surface area is 123 Å². The predicted octanol–water partition coefficient (Wildman–Crippen LogP) is 4.39. The number of rotatable bonds is 1. The van der Waals surface area contributed by atoms with E-state index in [1.165, 1.54) is 21.7 Å². The van der Waals surface area contributed by atoms with Gasteiger partial charge in [-0.25, -0.2) is 0 Å². The zero-order valence-corrected chi connectivity index (χ0v) is 12.1. The standard InChI is InChI=1S/C19H16NO/c1-13-15-8-5-6-10-17(15)21-19(13)18-16-9-4-3-7-14(16)11-12-20(18)2/h3-12H,1-2H3/q+1. The summed E-state index contributed by atoms with van der Waals surface area (Å²) in [6.07, 6.45) is 2.09. The molecule has 21 heavy (non-hydrogen) atoms. The van der Waals surface area contributed by atoms with E-state index in [1.807, 2.05) is 12.1 Å². The molecule has 0 aliphatic carbocycles. The highest BCUT2D eigenvalue weighted by Crippen LogP contribution is 2.34. The molecule has 0 atom stereocenters. The summed E-state index contributed by atoms with van der Waals surface area (Å²) in [4.78, 5) is 0. The van der Waals surface area contributed by atoms with Crippen molar-refractivity contribution in [3.8, 4) is 11.5 Å². The van der Waals surface area contributed by atoms with Gasteiger partial charge in [-0.05, 0) is 24.4 Å². The van der Waals surface area contributed by atoms with E-state index in [2.05, 4.69) is 67.2 Å². The highest BCUT2D eigenvalue weighted by Gasteiger charge is 2.22. The summed E-state index contributed by atoms with van der Waals surface area (Å²) >= 11 is 0. The third-order valence-corrected chi connectivity index (χ3v) is 4.11. The van der Waals surface area contributed by atoms with E-state index in [0.717, 1.165) is 17.0 Å². The molecule has 0 aliphatic rings. The van der Waals surface area contributed by atoms with Crippen LogP contribution in [0.25, 0.3) is 33.2 Å². The summed E-state index contributed by atoms with van der Waals surface area (Å²) in [6, 6.07) is 18.8. The molecule has 0 radical (unpaired) electrons. The van der Waals surface area contributed by atoms with Crippen LogP contribution in [0.1, 0.15) is 5.56 Å². The number of para-hydroxylation sites is 1. The van der Waals surface area contributed by atoms with Gasteiger partial charge in [0.1, 0.15) is 12.6 Å². The van der Waals surface area contributed by atoms with E-state index in [1.54, 1.807) is 0 Å². The van der Waals surface area contributed by atoms with Crippen LogP contribution >= 0.6 is 0 Å². The molecule has 0 saturated carbocycles. The van der Waals surface area contributed by atoms with Crippen molar-refractivity contribution in [1.29, 1.82) is 0 Å². The second-order valence-corrected chi connectivity index (χ2v) is 5.41. The Balaban J connectivity index is 2.13. The number of furan rings is 1. The molecule has 0 aliphatic heterocycles. The second kappa shape index (κ2) is 4.45. The Morgan fingerprint density at radius 2 is 1.57 bits per heavy atom. The number of aryl methyl sites for hydroxylation is 2. The average molecular weight is 274 g/mol. The molecular formula is C19H16NO+. The predicted molar refractivity (Wildman–Crippen MR) is 85.1 cm³/mol. The molecule has 2 aromatic carbocycles. The first-order chi connectivity index (χ1) is 10.3. The quantitative estimate of drug-likeness (QED) is 0.471. The molecule has 0 unspecified atom stereocenters. The summed E-state index contributed by atoms with van der Waals surface area (Å²) in [5.74, 6) is 0.954. The largest absolute Gasteiger partial charge is 0.449 e. The van der Waals surface area contributed by atoms with Gasteiger partial charge in [0, 0.05) is 17.0 Å². The topological polar surface area (TPSA) is 17.0 Å². The van der Waals surface area contributed by atoms with E-state index in [9.17, 15) is 0 Å². The maximum atomic E-state index is 6.15. The second-order valence-electron chi connectivity index (χ2n) is 5.41. The number of hydrogen-bond acceptors (Lipinski definition) is 1. The van der Waals surface area contributed by atoms with E-state index >= 15 is 0 Å². The van der Waals surface area contributed by atoms with Crippen molar-refractivity contribution in [2.24, 2.45) is 7.05 Å². The summed E-state index contributed by atoms with van der Waals surface area (Å²) in [5.41, 5.74) is 3.26. The van der Waals surface area contributed by atoms with Crippen LogP contribution in [0.5, 0.6) is 0 Å². The van der Waals surface area contributed by atoms with Gasteiger partial charge in [-0.15, -0.1) is 0 Å². The van der Waals surface area contributed by atoms with E-state index in [4.69, 9.17) is 4.42 Å². The van der Waals surface area contributed by atoms with Gasteiger partial charge in [-0.3, -0.25) is 0 Å². The smallest absolute Gasteiger partial charge is 0.256 e. The number of nitrogens with zero attached hydrogens (tertiary/aromatic N) is 1. The molecule has 0 spiro atoms. The van der Waals surface area contributed by atoms with Crippen molar-refractivity contribution in [2.45, 2.75) is 6.92 Å². The first kappa shape index (κ1) is 12.2. The number of fused-ring (bicyclic) bond motifs is 2. The summed E-state index contributed by atoms with van der Waals surface area (Å²) in [5, 5.41) is 3.62. The lowest BCUT2D eigenvalue weighted by Gasteiger charge is -2.03. The Hall–Kier alpha value is -2.61. The molecule has 4 aromatic rings. The lowest BCUT2D eigenvalue weighted by atomic mass is 10.0. The van der Waals surface area contributed by atoms with Crippen molar-refractivity contribution in [1.82, 2.24) is 0 Å². The van der Waals surface area contributed by atoms with E-state index < -0.39 is 0 Å². The molecule has 0 amide bonds. The Morgan fingerprint density at radius 3 is 2.38 bits per heavy atom. The van der Waals surface area contributed by atoms with Gasteiger partial charge in [-0.1, -0.05) is 36.4 Å². The van der Waals surface area contributed by atoms with Gasteiger partial charge in [0.05, 0.1) is 5.39 Å². The minimum Gasteiger partial charge on any atom is -0.449 e. The highest BCUT2D eigenvalue weighted by molar-refractivity contribution is 5.96.